The maximum Gasteiger partial charge on any atom is 0.434 e. The number of aliphatic hydroxyl groups is 1. The van der Waals surface area contributed by atoms with Gasteiger partial charge < -0.3 is 15.3 Å². The quantitative estimate of drug-likeness (QED) is 0.611. The molecule has 0 saturated carbocycles. The summed E-state index contributed by atoms with van der Waals surface area (Å²) in [7, 11) is 3.90. The van der Waals surface area contributed by atoms with Crippen LogP contribution in [0.1, 0.15) is 34.9 Å². The fraction of sp³-hybridized carbons (Fsp3) is 0.421. The average molecular weight is 441 g/mol. The van der Waals surface area contributed by atoms with Crippen molar-refractivity contribution in [2.24, 2.45) is 0 Å². The van der Waals surface area contributed by atoms with Gasteiger partial charge in [-0.1, -0.05) is 0 Å². The molecule has 0 fully saturated rings. The van der Waals surface area contributed by atoms with Crippen LogP contribution < -0.4 is 5.32 Å². The van der Waals surface area contributed by atoms with Crippen molar-refractivity contribution in [1.29, 1.82) is 0 Å². The summed E-state index contributed by atoms with van der Waals surface area (Å²) in [6, 6.07) is 3.32. The van der Waals surface area contributed by atoms with E-state index >= 15 is 0 Å². The van der Waals surface area contributed by atoms with Gasteiger partial charge in [0.2, 0.25) is 0 Å². The molecule has 0 saturated heterocycles. The van der Waals surface area contributed by atoms with Crippen molar-refractivity contribution in [2.75, 3.05) is 26.0 Å². The molecule has 0 radical (unpaired) electrons. The number of hydrogen-bond acceptors (Lipinski definition) is 6. The van der Waals surface area contributed by atoms with Gasteiger partial charge in [0.1, 0.15) is 0 Å². The second-order valence-corrected chi connectivity index (χ2v) is 8.56. The van der Waals surface area contributed by atoms with E-state index in [1.807, 2.05) is 25.2 Å². The first-order valence-corrected chi connectivity index (χ1v) is 9.95. The lowest BCUT2D eigenvalue weighted by atomic mass is 9.95. The lowest BCUT2D eigenvalue weighted by Crippen LogP contribution is -2.21. The number of thiazole rings is 1. The van der Waals surface area contributed by atoms with E-state index in [1.165, 1.54) is 0 Å². The van der Waals surface area contributed by atoms with Gasteiger partial charge in [0.25, 0.3) is 5.91 Å². The highest BCUT2D eigenvalue weighted by molar-refractivity contribution is 7.11. The van der Waals surface area contributed by atoms with Gasteiger partial charge in [0, 0.05) is 34.8 Å². The van der Waals surface area contributed by atoms with E-state index in [1.54, 1.807) is 30.7 Å². The van der Waals surface area contributed by atoms with E-state index in [2.05, 4.69) is 15.4 Å². The van der Waals surface area contributed by atoms with Gasteiger partial charge in [0.15, 0.2) is 10.7 Å². The molecular formula is C19H22F3N5O2S. The molecule has 7 nitrogen and oxygen atoms in total. The Kier molecular flexibility index (Phi) is 5.89. The first kappa shape index (κ1) is 22.2. The number of amides is 1. The molecule has 1 amide bonds. The van der Waals surface area contributed by atoms with Crippen LogP contribution in [0.2, 0.25) is 0 Å². The SMILES string of the molecule is CN(C)CCn1cc2cc(NC(=O)c3nc(C(F)(F)F)cs3)c(C(C)(C)O)cc2n1. The highest BCUT2D eigenvalue weighted by atomic mass is 32.1. The van der Waals surface area contributed by atoms with Crippen molar-refractivity contribution in [2.45, 2.75) is 32.2 Å². The van der Waals surface area contributed by atoms with Crippen molar-refractivity contribution < 1.29 is 23.1 Å². The Morgan fingerprint density at radius 1 is 1.30 bits per heavy atom. The van der Waals surface area contributed by atoms with Crippen molar-refractivity contribution in [3.63, 3.8) is 0 Å². The topological polar surface area (TPSA) is 83.3 Å². The fourth-order valence-electron chi connectivity index (χ4n) is 2.83. The lowest BCUT2D eigenvalue weighted by Gasteiger charge is -2.21. The standard InChI is InChI=1S/C19H22F3N5O2S/c1-18(2,29)12-8-13-11(9-27(25-13)6-5-26(3)4)7-14(12)23-16(28)17-24-15(10-30-17)19(20,21)22/h7-10,29H,5-6H2,1-4H3,(H,23,28). The summed E-state index contributed by atoms with van der Waals surface area (Å²) in [6.45, 7) is 4.54. The Hall–Kier alpha value is -2.50. The third kappa shape index (κ3) is 4.97. The molecule has 0 aliphatic carbocycles. The Morgan fingerprint density at radius 2 is 2.00 bits per heavy atom. The van der Waals surface area contributed by atoms with E-state index in [0.717, 1.165) is 17.3 Å². The van der Waals surface area contributed by atoms with Crippen molar-refractivity contribution >= 4 is 33.8 Å². The minimum Gasteiger partial charge on any atom is -0.386 e. The monoisotopic (exact) mass is 441 g/mol. The summed E-state index contributed by atoms with van der Waals surface area (Å²) in [5.41, 5.74) is -1.11. The van der Waals surface area contributed by atoms with Gasteiger partial charge >= 0.3 is 6.18 Å². The number of carbonyl (C=O) groups excluding carboxylic acids is 1. The van der Waals surface area contributed by atoms with Gasteiger partial charge in [-0.15, -0.1) is 11.3 Å². The predicted molar refractivity (Wildman–Crippen MR) is 109 cm³/mol. The van der Waals surface area contributed by atoms with Crippen LogP contribution in [0.4, 0.5) is 18.9 Å². The van der Waals surface area contributed by atoms with Crippen LogP contribution in [-0.2, 0) is 18.3 Å². The number of hydrogen-bond donors (Lipinski definition) is 2. The van der Waals surface area contributed by atoms with E-state index < -0.39 is 23.4 Å². The molecule has 0 atom stereocenters. The number of alkyl halides is 3. The minimum atomic E-state index is -4.62. The number of benzene rings is 1. The van der Waals surface area contributed by atoms with Crippen molar-refractivity contribution in [3.05, 3.63) is 40.0 Å². The number of likely N-dealkylation sites (N-methyl/N-ethyl adjacent to an activating group) is 1. The number of carbonyl (C=O) groups is 1. The molecular weight excluding hydrogens is 419 g/mol. The number of fused-ring (bicyclic) bond motifs is 1. The molecule has 3 aromatic rings. The maximum atomic E-state index is 12.8. The van der Waals surface area contributed by atoms with Gasteiger partial charge in [-0.05, 0) is 40.1 Å². The summed E-state index contributed by atoms with van der Waals surface area (Å²) in [6.07, 6.45) is -2.80. The van der Waals surface area contributed by atoms with Crippen LogP contribution in [0.5, 0.6) is 0 Å². The second-order valence-electron chi connectivity index (χ2n) is 7.70. The molecule has 3 rings (SSSR count). The van der Waals surface area contributed by atoms with Crippen molar-refractivity contribution in [1.82, 2.24) is 19.7 Å². The second kappa shape index (κ2) is 7.97. The first-order valence-electron chi connectivity index (χ1n) is 9.07. The molecule has 0 bridgehead atoms. The molecule has 162 valence electrons. The smallest absolute Gasteiger partial charge is 0.386 e. The summed E-state index contributed by atoms with van der Waals surface area (Å²) in [5, 5.41) is 18.8. The molecule has 0 spiro atoms. The zero-order chi connectivity index (χ0) is 22.3. The van der Waals surface area contributed by atoms with Crippen LogP contribution in [0.15, 0.2) is 23.7 Å². The molecule has 30 heavy (non-hydrogen) atoms. The zero-order valence-electron chi connectivity index (χ0n) is 16.9. The van der Waals surface area contributed by atoms with Crippen LogP contribution in [0.25, 0.3) is 10.9 Å². The lowest BCUT2D eigenvalue weighted by molar-refractivity contribution is -0.140. The van der Waals surface area contributed by atoms with Gasteiger partial charge in [-0.2, -0.15) is 18.3 Å². The molecule has 11 heteroatoms. The molecule has 2 N–H and O–H groups in total. The number of rotatable bonds is 6. The Morgan fingerprint density at radius 3 is 2.57 bits per heavy atom. The number of nitrogens with zero attached hydrogens (tertiary/aromatic N) is 4. The van der Waals surface area contributed by atoms with Gasteiger partial charge in [-0.25, -0.2) is 4.98 Å². The molecule has 0 aliphatic heterocycles. The Bertz CT molecular complexity index is 1070. The highest BCUT2D eigenvalue weighted by Gasteiger charge is 2.34. The first-order chi connectivity index (χ1) is 13.8. The van der Waals surface area contributed by atoms with E-state index in [-0.39, 0.29) is 10.7 Å². The highest BCUT2D eigenvalue weighted by Crippen LogP contribution is 2.33. The number of halogens is 3. The molecule has 2 aromatic heterocycles. The van der Waals surface area contributed by atoms with Crippen LogP contribution in [0, 0.1) is 0 Å². The van der Waals surface area contributed by atoms with Crippen LogP contribution in [0.3, 0.4) is 0 Å². The summed E-state index contributed by atoms with van der Waals surface area (Å²) in [5.74, 6) is -0.777. The third-order valence-electron chi connectivity index (χ3n) is 4.36. The minimum absolute atomic E-state index is 0.288. The van der Waals surface area contributed by atoms with Gasteiger partial charge in [0.05, 0.1) is 17.7 Å². The summed E-state index contributed by atoms with van der Waals surface area (Å²) < 4.78 is 40.1. The van der Waals surface area contributed by atoms with Crippen molar-refractivity contribution in [3.8, 4) is 0 Å². The Balaban J connectivity index is 1.94. The largest absolute Gasteiger partial charge is 0.434 e. The normalized spacial score (nSPS) is 12.7. The summed E-state index contributed by atoms with van der Waals surface area (Å²) >= 11 is 0.607. The molecule has 1 aromatic carbocycles. The van der Waals surface area contributed by atoms with E-state index in [4.69, 9.17) is 0 Å². The number of anilines is 1. The fourth-order valence-corrected chi connectivity index (χ4v) is 3.55. The van der Waals surface area contributed by atoms with Crippen LogP contribution >= 0.6 is 11.3 Å². The maximum absolute atomic E-state index is 12.8. The van der Waals surface area contributed by atoms with E-state index in [9.17, 15) is 23.1 Å². The van der Waals surface area contributed by atoms with Crippen LogP contribution in [-0.4, -0.2) is 51.3 Å². The molecule has 2 heterocycles. The predicted octanol–water partition coefficient (Wildman–Crippen LogP) is 3.55. The Labute approximate surface area is 175 Å². The average Bonchev–Trinajstić information content (AvgIpc) is 3.24. The molecule has 0 aliphatic rings. The third-order valence-corrected chi connectivity index (χ3v) is 5.20. The number of aromatic nitrogens is 3. The number of nitrogens with one attached hydrogen (secondary N) is 1. The zero-order valence-corrected chi connectivity index (χ0v) is 17.7. The summed E-state index contributed by atoms with van der Waals surface area (Å²) in [4.78, 5) is 17.9. The molecule has 0 unspecified atom stereocenters. The van der Waals surface area contributed by atoms with E-state index in [0.29, 0.717) is 29.0 Å². The van der Waals surface area contributed by atoms with Gasteiger partial charge in [-0.3, -0.25) is 9.48 Å².